The molecular formula is C13H20N4O. The molecule has 3 rings (SSSR count). The van der Waals surface area contributed by atoms with Crippen LogP contribution in [0, 0.1) is 6.92 Å². The summed E-state index contributed by atoms with van der Waals surface area (Å²) in [6.45, 7) is 3.70. The summed E-state index contributed by atoms with van der Waals surface area (Å²) in [6, 6.07) is 3.07. The molecule has 5 nitrogen and oxygen atoms in total. The number of nitrogens with zero attached hydrogens (tertiary/aromatic N) is 2. The number of rotatable bonds is 2. The minimum atomic E-state index is 0.204. The van der Waals surface area contributed by atoms with Crippen LogP contribution in [0.2, 0.25) is 0 Å². The van der Waals surface area contributed by atoms with Crippen molar-refractivity contribution in [1.29, 1.82) is 0 Å². The van der Waals surface area contributed by atoms with E-state index >= 15 is 0 Å². The number of fused-ring (bicyclic) bond motifs is 2. The number of hydrogen-bond acceptors (Lipinski definition) is 3. The number of carbonyl (C=O) groups is 1. The summed E-state index contributed by atoms with van der Waals surface area (Å²) in [5, 5.41) is 10.6. The van der Waals surface area contributed by atoms with Crippen LogP contribution in [0.15, 0.2) is 6.07 Å². The predicted octanol–water partition coefficient (Wildman–Crippen LogP) is 0.614. The van der Waals surface area contributed by atoms with Crippen LogP contribution in [0.25, 0.3) is 0 Å². The fraction of sp³-hybridized carbons (Fsp3) is 0.692. The molecule has 1 aromatic rings. The van der Waals surface area contributed by atoms with E-state index in [9.17, 15) is 4.79 Å². The summed E-state index contributed by atoms with van der Waals surface area (Å²) >= 11 is 0. The monoisotopic (exact) mass is 248 g/mol. The fourth-order valence-electron chi connectivity index (χ4n) is 3.00. The molecule has 2 N–H and O–H groups in total. The first kappa shape index (κ1) is 11.7. The highest BCUT2D eigenvalue weighted by Crippen LogP contribution is 2.20. The van der Waals surface area contributed by atoms with Crippen molar-refractivity contribution in [2.24, 2.45) is 0 Å². The molecule has 2 fully saturated rings. The highest BCUT2D eigenvalue weighted by Gasteiger charge is 2.31. The van der Waals surface area contributed by atoms with Crippen LogP contribution >= 0.6 is 0 Å². The number of carbonyl (C=O) groups excluding carboxylic acids is 1. The van der Waals surface area contributed by atoms with E-state index in [0.29, 0.717) is 18.5 Å². The Labute approximate surface area is 107 Å². The van der Waals surface area contributed by atoms with E-state index in [0.717, 1.165) is 30.9 Å². The lowest BCUT2D eigenvalue weighted by atomic mass is 10.1. The van der Waals surface area contributed by atoms with Gasteiger partial charge in [0.25, 0.3) is 0 Å². The molecule has 0 aromatic carbocycles. The van der Waals surface area contributed by atoms with Crippen molar-refractivity contribution in [3.8, 4) is 0 Å². The van der Waals surface area contributed by atoms with E-state index in [1.807, 2.05) is 17.9 Å². The standard InChI is InChI=1S/C13H20N4O/c1-9-6-12(16-15-9)7-13(18)17-5-4-10-2-3-11(8-17)14-10/h6,10-11,14H,2-5,7-8H2,1H3,(H,15,16). The van der Waals surface area contributed by atoms with Gasteiger partial charge >= 0.3 is 0 Å². The smallest absolute Gasteiger partial charge is 0.228 e. The quantitative estimate of drug-likeness (QED) is 0.806. The van der Waals surface area contributed by atoms with E-state index in [1.54, 1.807) is 0 Å². The molecule has 2 bridgehead atoms. The van der Waals surface area contributed by atoms with Crippen LogP contribution < -0.4 is 5.32 Å². The van der Waals surface area contributed by atoms with Gasteiger partial charge in [0.1, 0.15) is 0 Å². The van der Waals surface area contributed by atoms with Crippen LogP contribution in [-0.2, 0) is 11.2 Å². The maximum atomic E-state index is 12.3. The Hall–Kier alpha value is -1.36. The Bertz CT molecular complexity index is 442. The van der Waals surface area contributed by atoms with Crippen LogP contribution in [0.5, 0.6) is 0 Å². The minimum absolute atomic E-state index is 0.204. The molecule has 0 saturated carbocycles. The van der Waals surface area contributed by atoms with Crippen LogP contribution in [0.1, 0.15) is 30.7 Å². The molecule has 3 heterocycles. The minimum Gasteiger partial charge on any atom is -0.341 e. The van der Waals surface area contributed by atoms with E-state index in [-0.39, 0.29) is 5.91 Å². The average Bonchev–Trinajstić information content (AvgIpc) is 2.85. The van der Waals surface area contributed by atoms with E-state index < -0.39 is 0 Å². The Morgan fingerprint density at radius 2 is 2.28 bits per heavy atom. The van der Waals surface area contributed by atoms with Gasteiger partial charge in [0.15, 0.2) is 0 Å². The Morgan fingerprint density at radius 1 is 1.44 bits per heavy atom. The second-order valence-corrected chi connectivity index (χ2v) is 5.49. The highest BCUT2D eigenvalue weighted by molar-refractivity contribution is 5.78. The zero-order chi connectivity index (χ0) is 12.5. The third-order valence-electron chi connectivity index (χ3n) is 3.97. The molecule has 0 spiro atoms. The third kappa shape index (κ3) is 2.41. The highest BCUT2D eigenvalue weighted by atomic mass is 16.2. The first-order chi connectivity index (χ1) is 8.70. The zero-order valence-electron chi connectivity index (χ0n) is 10.8. The van der Waals surface area contributed by atoms with Crippen LogP contribution in [-0.4, -0.2) is 46.2 Å². The molecule has 2 aliphatic heterocycles. The molecule has 0 radical (unpaired) electrons. The topological polar surface area (TPSA) is 61.0 Å². The second-order valence-electron chi connectivity index (χ2n) is 5.49. The van der Waals surface area contributed by atoms with Crippen molar-refractivity contribution in [2.45, 2.75) is 44.7 Å². The number of nitrogens with one attached hydrogen (secondary N) is 2. The summed E-state index contributed by atoms with van der Waals surface area (Å²) in [5.41, 5.74) is 1.86. The molecule has 2 saturated heterocycles. The van der Waals surface area contributed by atoms with Gasteiger partial charge in [-0.25, -0.2) is 0 Å². The van der Waals surface area contributed by atoms with E-state index in [1.165, 1.54) is 12.8 Å². The SMILES string of the molecule is Cc1cc(CC(=O)N2CCC3CCC(C2)N3)n[nH]1. The number of likely N-dealkylation sites (tertiary alicyclic amines) is 1. The first-order valence-corrected chi connectivity index (χ1v) is 6.75. The zero-order valence-corrected chi connectivity index (χ0v) is 10.8. The van der Waals surface area contributed by atoms with E-state index in [2.05, 4.69) is 15.5 Å². The molecule has 98 valence electrons. The number of amides is 1. The largest absolute Gasteiger partial charge is 0.341 e. The normalized spacial score (nSPS) is 27.3. The third-order valence-corrected chi connectivity index (χ3v) is 3.97. The van der Waals surface area contributed by atoms with Crippen molar-refractivity contribution in [3.05, 3.63) is 17.5 Å². The Morgan fingerprint density at radius 3 is 3.06 bits per heavy atom. The molecule has 2 unspecified atom stereocenters. The van der Waals surface area contributed by atoms with Gasteiger partial charge in [-0.05, 0) is 32.3 Å². The lowest BCUT2D eigenvalue weighted by Crippen LogP contribution is -2.39. The molecule has 2 atom stereocenters. The van der Waals surface area contributed by atoms with Gasteiger partial charge in [0.05, 0.1) is 12.1 Å². The van der Waals surface area contributed by atoms with Crippen molar-refractivity contribution in [2.75, 3.05) is 13.1 Å². The maximum absolute atomic E-state index is 12.3. The molecule has 5 heteroatoms. The van der Waals surface area contributed by atoms with Crippen molar-refractivity contribution in [3.63, 3.8) is 0 Å². The molecular weight excluding hydrogens is 228 g/mol. The summed E-state index contributed by atoms with van der Waals surface area (Å²) in [4.78, 5) is 14.3. The number of hydrogen-bond donors (Lipinski definition) is 2. The summed E-state index contributed by atoms with van der Waals surface area (Å²) in [6.07, 6.45) is 3.98. The van der Waals surface area contributed by atoms with Gasteiger partial charge < -0.3 is 10.2 Å². The van der Waals surface area contributed by atoms with Crippen LogP contribution in [0.4, 0.5) is 0 Å². The maximum Gasteiger partial charge on any atom is 0.228 e. The van der Waals surface area contributed by atoms with Crippen molar-refractivity contribution in [1.82, 2.24) is 20.4 Å². The predicted molar refractivity (Wildman–Crippen MR) is 68.2 cm³/mol. The molecule has 0 aliphatic carbocycles. The van der Waals surface area contributed by atoms with Crippen molar-refractivity contribution < 1.29 is 4.79 Å². The van der Waals surface area contributed by atoms with Crippen molar-refractivity contribution >= 4 is 5.91 Å². The van der Waals surface area contributed by atoms with Crippen LogP contribution in [0.3, 0.4) is 0 Å². The van der Waals surface area contributed by atoms with Gasteiger partial charge in [0.2, 0.25) is 5.91 Å². The first-order valence-electron chi connectivity index (χ1n) is 6.75. The number of aromatic nitrogens is 2. The average molecular weight is 248 g/mol. The Balaban J connectivity index is 1.62. The number of H-pyrrole nitrogens is 1. The lowest BCUT2D eigenvalue weighted by molar-refractivity contribution is -0.130. The van der Waals surface area contributed by atoms with E-state index in [4.69, 9.17) is 0 Å². The molecule has 18 heavy (non-hydrogen) atoms. The second kappa shape index (κ2) is 4.72. The van der Waals surface area contributed by atoms with Gasteiger partial charge in [-0.2, -0.15) is 5.10 Å². The van der Waals surface area contributed by atoms with Gasteiger partial charge in [-0.1, -0.05) is 0 Å². The van der Waals surface area contributed by atoms with Gasteiger partial charge in [0, 0.05) is 30.9 Å². The van der Waals surface area contributed by atoms with Gasteiger partial charge in [-0.15, -0.1) is 0 Å². The number of aromatic amines is 1. The molecule has 1 amide bonds. The summed E-state index contributed by atoms with van der Waals surface area (Å²) < 4.78 is 0. The lowest BCUT2D eigenvalue weighted by Gasteiger charge is -2.24. The summed E-state index contributed by atoms with van der Waals surface area (Å²) in [5.74, 6) is 0.204. The fourth-order valence-corrected chi connectivity index (χ4v) is 3.00. The molecule has 1 aromatic heterocycles. The Kier molecular flexibility index (Phi) is 3.07. The number of aryl methyl sites for hydroxylation is 1. The summed E-state index contributed by atoms with van der Waals surface area (Å²) in [7, 11) is 0. The molecule has 2 aliphatic rings. The van der Waals surface area contributed by atoms with Gasteiger partial charge in [-0.3, -0.25) is 9.89 Å².